The second-order valence-electron chi connectivity index (χ2n) is 8.39. The van der Waals surface area contributed by atoms with Gasteiger partial charge in [0.25, 0.3) is 11.8 Å². The van der Waals surface area contributed by atoms with Gasteiger partial charge in [0.15, 0.2) is 5.65 Å². The number of benzene rings is 2. The lowest BCUT2D eigenvalue weighted by molar-refractivity contribution is -0.0494. The van der Waals surface area contributed by atoms with Gasteiger partial charge in [-0.1, -0.05) is 24.3 Å². The summed E-state index contributed by atoms with van der Waals surface area (Å²) in [5.41, 5.74) is 3.69. The van der Waals surface area contributed by atoms with E-state index in [2.05, 4.69) is 5.10 Å². The first kappa shape index (κ1) is 20.4. The lowest BCUT2D eigenvalue weighted by atomic mass is 9.95. The van der Waals surface area contributed by atoms with Crippen molar-refractivity contribution in [3.63, 3.8) is 0 Å². The number of fused-ring (bicyclic) bond motifs is 2. The predicted octanol–water partition coefficient (Wildman–Crippen LogP) is 4.03. The highest BCUT2D eigenvalue weighted by Gasteiger charge is 2.35. The molecule has 0 aliphatic carbocycles. The number of carbonyl (C=O) groups excluding carboxylic acids is 1. The first-order chi connectivity index (χ1) is 15.2. The molecule has 3 heterocycles. The Bertz CT molecular complexity index is 1430. The Morgan fingerprint density at radius 3 is 2.56 bits per heavy atom. The number of hydrogen-bond acceptors (Lipinski definition) is 3. The normalized spacial score (nSPS) is 16.1. The van der Waals surface area contributed by atoms with Gasteiger partial charge in [0.1, 0.15) is 0 Å². The average molecular weight is 436 g/mol. The molecular weight excluding hydrogens is 414 g/mol. The molecule has 1 fully saturated rings. The summed E-state index contributed by atoms with van der Waals surface area (Å²) in [4.78, 5) is 26.6. The van der Waals surface area contributed by atoms with E-state index in [1.807, 2.05) is 43.3 Å². The molecule has 2 aromatic heterocycles. The number of rotatable bonds is 2. The van der Waals surface area contributed by atoms with E-state index in [1.165, 1.54) is 14.0 Å². The van der Waals surface area contributed by atoms with E-state index < -0.39 is 5.92 Å². The van der Waals surface area contributed by atoms with Gasteiger partial charge in [0, 0.05) is 44.7 Å². The number of halogens is 2. The van der Waals surface area contributed by atoms with E-state index >= 15 is 0 Å². The Kier molecular flexibility index (Phi) is 4.62. The van der Waals surface area contributed by atoms with Crippen molar-refractivity contribution in [2.75, 3.05) is 13.1 Å². The van der Waals surface area contributed by atoms with Gasteiger partial charge in [-0.3, -0.25) is 4.79 Å². The van der Waals surface area contributed by atoms with E-state index in [4.69, 9.17) is 0 Å². The van der Waals surface area contributed by atoms with Gasteiger partial charge in [0.2, 0.25) is 0 Å². The highest BCUT2D eigenvalue weighted by Crippen LogP contribution is 2.33. The summed E-state index contributed by atoms with van der Waals surface area (Å²) in [5.74, 6) is -2.91. The topological polar surface area (TPSA) is 59.6 Å². The highest BCUT2D eigenvalue weighted by atomic mass is 19.3. The number of nitrogens with zero attached hydrogens (tertiary/aromatic N) is 4. The maximum absolute atomic E-state index is 13.4. The molecule has 0 unspecified atom stereocenters. The van der Waals surface area contributed by atoms with Crippen molar-refractivity contribution in [2.24, 2.45) is 7.05 Å². The van der Waals surface area contributed by atoms with Crippen molar-refractivity contribution in [3.8, 4) is 11.1 Å². The highest BCUT2D eigenvalue weighted by molar-refractivity contribution is 6.03. The number of piperidine rings is 1. The molecule has 0 radical (unpaired) electrons. The predicted molar refractivity (Wildman–Crippen MR) is 118 cm³/mol. The third-order valence-corrected chi connectivity index (χ3v) is 6.20. The molecule has 1 aliphatic rings. The number of alkyl halides is 2. The van der Waals surface area contributed by atoms with Gasteiger partial charge in [-0.05, 0) is 52.6 Å². The molecule has 0 spiro atoms. The number of aromatic nitrogens is 3. The van der Waals surface area contributed by atoms with Crippen LogP contribution in [0.1, 0.15) is 28.8 Å². The molecule has 0 atom stereocenters. The second kappa shape index (κ2) is 7.25. The van der Waals surface area contributed by atoms with E-state index in [9.17, 15) is 18.4 Å². The molecule has 8 heteroatoms. The minimum Gasteiger partial charge on any atom is -0.338 e. The Balaban J connectivity index is 1.54. The Hall–Kier alpha value is -3.55. The summed E-state index contributed by atoms with van der Waals surface area (Å²) >= 11 is 0. The van der Waals surface area contributed by atoms with Gasteiger partial charge in [-0.25, -0.2) is 22.7 Å². The number of amides is 1. The van der Waals surface area contributed by atoms with Crippen LogP contribution in [0, 0.1) is 6.92 Å². The van der Waals surface area contributed by atoms with Gasteiger partial charge in [-0.15, -0.1) is 0 Å². The minimum atomic E-state index is -2.69. The van der Waals surface area contributed by atoms with Gasteiger partial charge < -0.3 is 4.90 Å². The third-order valence-electron chi connectivity index (χ3n) is 6.20. The molecule has 164 valence electrons. The zero-order chi connectivity index (χ0) is 22.6. The Morgan fingerprint density at radius 2 is 1.81 bits per heavy atom. The number of carbonyl (C=O) groups is 1. The number of hydrogen-bond donors (Lipinski definition) is 0. The van der Waals surface area contributed by atoms with E-state index in [1.54, 1.807) is 19.3 Å². The number of likely N-dealkylation sites (tertiary alicyclic amines) is 1. The van der Waals surface area contributed by atoms with Crippen molar-refractivity contribution >= 4 is 22.3 Å². The molecule has 0 N–H and O–H groups in total. The molecule has 1 amide bonds. The van der Waals surface area contributed by atoms with E-state index in [0.717, 1.165) is 27.5 Å². The molecular formula is C24H22F2N4O2. The maximum Gasteiger partial charge on any atom is 0.350 e. The summed E-state index contributed by atoms with van der Waals surface area (Å²) in [7, 11) is 1.62. The second-order valence-corrected chi connectivity index (χ2v) is 8.39. The summed E-state index contributed by atoms with van der Waals surface area (Å²) in [6.45, 7) is 2.07. The molecule has 0 bridgehead atoms. The monoisotopic (exact) mass is 436 g/mol. The molecule has 4 aromatic rings. The SMILES string of the molecule is Cc1cn2c(=O)n(C)nc2cc1-c1cccc2cc(C(=O)N3CCC(F)(F)CC3)ccc12. The molecule has 2 aromatic carbocycles. The van der Waals surface area contributed by atoms with Crippen LogP contribution in [0.2, 0.25) is 0 Å². The fraction of sp³-hybridized carbons (Fsp3) is 0.292. The molecule has 0 saturated carbocycles. The molecule has 1 saturated heterocycles. The minimum absolute atomic E-state index is 0.0621. The van der Waals surface area contributed by atoms with Crippen molar-refractivity contribution in [1.29, 1.82) is 0 Å². The first-order valence-electron chi connectivity index (χ1n) is 10.5. The largest absolute Gasteiger partial charge is 0.350 e. The van der Waals surface area contributed by atoms with Gasteiger partial charge in [0.05, 0.1) is 0 Å². The van der Waals surface area contributed by atoms with Crippen LogP contribution in [-0.4, -0.2) is 44.0 Å². The Labute approximate surface area is 182 Å². The van der Waals surface area contributed by atoms with Crippen LogP contribution in [0.4, 0.5) is 8.78 Å². The van der Waals surface area contributed by atoms with E-state index in [0.29, 0.717) is 11.2 Å². The van der Waals surface area contributed by atoms with Crippen molar-refractivity contribution in [1.82, 2.24) is 19.1 Å². The lowest BCUT2D eigenvalue weighted by Gasteiger charge is -2.31. The zero-order valence-corrected chi connectivity index (χ0v) is 17.8. The molecule has 5 rings (SSSR count). The zero-order valence-electron chi connectivity index (χ0n) is 17.8. The van der Waals surface area contributed by atoms with Crippen LogP contribution in [0.3, 0.4) is 0 Å². The molecule has 1 aliphatic heterocycles. The molecule has 6 nitrogen and oxygen atoms in total. The van der Waals surface area contributed by atoms with Gasteiger partial charge >= 0.3 is 5.69 Å². The summed E-state index contributed by atoms with van der Waals surface area (Å²) < 4.78 is 29.7. The first-order valence-corrected chi connectivity index (χ1v) is 10.5. The van der Waals surface area contributed by atoms with Crippen molar-refractivity contribution in [2.45, 2.75) is 25.7 Å². The fourth-order valence-corrected chi connectivity index (χ4v) is 4.39. The third kappa shape index (κ3) is 3.36. The fourth-order valence-electron chi connectivity index (χ4n) is 4.39. The average Bonchev–Trinajstić information content (AvgIpc) is 3.05. The quantitative estimate of drug-likeness (QED) is 0.477. The van der Waals surface area contributed by atoms with Crippen molar-refractivity contribution in [3.05, 3.63) is 70.3 Å². The van der Waals surface area contributed by atoms with Crippen LogP contribution < -0.4 is 5.69 Å². The van der Waals surface area contributed by atoms with Crippen molar-refractivity contribution < 1.29 is 13.6 Å². The van der Waals surface area contributed by atoms with Crippen LogP contribution in [-0.2, 0) is 7.05 Å². The molecule has 32 heavy (non-hydrogen) atoms. The number of aryl methyl sites for hydroxylation is 2. The maximum atomic E-state index is 13.4. The van der Waals surface area contributed by atoms with Crippen LogP contribution >= 0.6 is 0 Å². The van der Waals surface area contributed by atoms with Crippen LogP contribution in [0.5, 0.6) is 0 Å². The smallest absolute Gasteiger partial charge is 0.338 e. The summed E-state index contributed by atoms with van der Waals surface area (Å²) in [5, 5.41) is 6.12. The summed E-state index contributed by atoms with van der Waals surface area (Å²) in [6.07, 6.45) is 1.19. The Morgan fingerprint density at radius 1 is 1.06 bits per heavy atom. The standard InChI is InChI=1S/C24H22F2N4O2/c1-15-14-30-21(27-28(2)23(30)32)13-20(15)19-5-3-4-16-12-17(6-7-18(16)19)22(31)29-10-8-24(25,26)9-11-29/h3-7,12-14H,8-11H2,1-2H3. The van der Waals surface area contributed by atoms with Crippen LogP contribution in [0.15, 0.2) is 53.5 Å². The lowest BCUT2D eigenvalue weighted by Crippen LogP contribution is -2.42. The number of pyridine rings is 1. The van der Waals surface area contributed by atoms with Gasteiger partial charge in [-0.2, -0.15) is 5.10 Å². The van der Waals surface area contributed by atoms with Crippen LogP contribution in [0.25, 0.3) is 27.5 Å². The van der Waals surface area contributed by atoms with E-state index in [-0.39, 0.29) is 37.5 Å². The summed E-state index contributed by atoms with van der Waals surface area (Å²) in [6, 6.07) is 13.2.